The van der Waals surface area contributed by atoms with Gasteiger partial charge in [0.25, 0.3) is 0 Å². The van der Waals surface area contributed by atoms with Crippen LogP contribution in [-0.2, 0) is 13.2 Å². The largest absolute Gasteiger partial charge is 0.486 e. The van der Waals surface area contributed by atoms with Gasteiger partial charge in [-0.2, -0.15) is 0 Å². The molecule has 1 heterocycles. The van der Waals surface area contributed by atoms with Crippen LogP contribution in [0, 0.1) is 5.92 Å². The Morgan fingerprint density at radius 2 is 2.25 bits per heavy atom. The quantitative estimate of drug-likeness (QED) is 0.835. The van der Waals surface area contributed by atoms with E-state index in [0.29, 0.717) is 12.5 Å². The number of benzene rings is 1. The van der Waals surface area contributed by atoms with Gasteiger partial charge >= 0.3 is 0 Å². The summed E-state index contributed by atoms with van der Waals surface area (Å²) in [7, 11) is 0. The number of rotatable bonds is 7. The predicted molar refractivity (Wildman–Crippen MR) is 84.4 cm³/mol. The summed E-state index contributed by atoms with van der Waals surface area (Å²) in [5.74, 6) is 1.48. The number of hydrogen-bond donors (Lipinski definition) is 1. The summed E-state index contributed by atoms with van der Waals surface area (Å²) in [4.78, 5) is 4.22. The summed E-state index contributed by atoms with van der Waals surface area (Å²) in [6.07, 6.45) is 1.79. The molecule has 0 fully saturated rings. The summed E-state index contributed by atoms with van der Waals surface area (Å²) in [6, 6.07) is 5.72. The Labute approximate surface area is 129 Å². The van der Waals surface area contributed by atoms with E-state index in [9.17, 15) is 0 Å². The van der Waals surface area contributed by atoms with E-state index in [1.54, 1.807) is 17.5 Å². The van der Waals surface area contributed by atoms with Gasteiger partial charge in [-0.25, -0.2) is 4.98 Å². The maximum Gasteiger partial charge on any atom is 0.140 e. The van der Waals surface area contributed by atoms with Crippen molar-refractivity contribution >= 4 is 22.9 Å². The van der Waals surface area contributed by atoms with Gasteiger partial charge in [0.1, 0.15) is 17.4 Å². The van der Waals surface area contributed by atoms with Crippen molar-refractivity contribution in [3.63, 3.8) is 0 Å². The molecular weight excluding hydrogens is 292 g/mol. The van der Waals surface area contributed by atoms with Crippen molar-refractivity contribution in [3.05, 3.63) is 45.4 Å². The lowest BCUT2D eigenvalue weighted by Gasteiger charge is -2.13. The summed E-state index contributed by atoms with van der Waals surface area (Å²) in [6.45, 7) is 6.59. The van der Waals surface area contributed by atoms with E-state index >= 15 is 0 Å². The first-order valence-electron chi connectivity index (χ1n) is 6.65. The molecule has 0 saturated carbocycles. The van der Waals surface area contributed by atoms with Crippen LogP contribution in [0.1, 0.15) is 24.4 Å². The Kier molecular flexibility index (Phi) is 5.83. The molecule has 2 rings (SSSR count). The van der Waals surface area contributed by atoms with Crippen molar-refractivity contribution in [2.75, 3.05) is 6.54 Å². The van der Waals surface area contributed by atoms with Gasteiger partial charge in [0.05, 0.1) is 0 Å². The SMILES string of the molecule is CC(C)CNCc1cc(Cl)ccc1OCc1nccs1. The molecule has 0 radical (unpaired) electrons. The van der Waals surface area contributed by atoms with E-state index in [-0.39, 0.29) is 0 Å². The van der Waals surface area contributed by atoms with Crippen molar-refractivity contribution in [1.82, 2.24) is 10.3 Å². The van der Waals surface area contributed by atoms with E-state index in [0.717, 1.165) is 34.4 Å². The van der Waals surface area contributed by atoms with Crippen molar-refractivity contribution in [1.29, 1.82) is 0 Å². The predicted octanol–water partition coefficient (Wildman–Crippen LogP) is 4.12. The fourth-order valence-electron chi connectivity index (χ4n) is 1.79. The second kappa shape index (κ2) is 7.62. The number of aromatic nitrogens is 1. The fraction of sp³-hybridized carbons (Fsp3) is 0.400. The molecule has 0 atom stereocenters. The smallest absolute Gasteiger partial charge is 0.140 e. The lowest BCUT2D eigenvalue weighted by Crippen LogP contribution is -2.19. The second-order valence-electron chi connectivity index (χ2n) is 4.99. The van der Waals surface area contributed by atoms with Gasteiger partial charge in [-0.1, -0.05) is 25.4 Å². The maximum atomic E-state index is 6.06. The normalized spacial score (nSPS) is 11.0. The molecule has 0 aliphatic rings. The molecule has 2 aromatic rings. The third-order valence-corrected chi connectivity index (χ3v) is 3.71. The highest BCUT2D eigenvalue weighted by molar-refractivity contribution is 7.09. The monoisotopic (exact) mass is 310 g/mol. The lowest BCUT2D eigenvalue weighted by molar-refractivity contribution is 0.301. The van der Waals surface area contributed by atoms with Gasteiger partial charge in [0.15, 0.2) is 0 Å². The Morgan fingerprint density at radius 1 is 1.40 bits per heavy atom. The number of hydrogen-bond acceptors (Lipinski definition) is 4. The highest BCUT2D eigenvalue weighted by atomic mass is 35.5. The summed E-state index contributed by atoms with van der Waals surface area (Å²) >= 11 is 7.66. The van der Waals surface area contributed by atoms with Gasteiger partial charge in [0, 0.05) is 28.7 Å². The molecular formula is C15H19ClN2OS. The van der Waals surface area contributed by atoms with Crippen LogP contribution in [0.25, 0.3) is 0 Å². The number of nitrogens with zero attached hydrogens (tertiary/aromatic N) is 1. The third kappa shape index (κ3) is 4.78. The number of nitrogens with one attached hydrogen (secondary N) is 1. The molecule has 0 saturated heterocycles. The van der Waals surface area contributed by atoms with Crippen LogP contribution in [0.15, 0.2) is 29.8 Å². The Bertz CT molecular complexity index is 529. The van der Waals surface area contributed by atoms with Gasteiger partial charge in [0.2, 0.25) is 0 Å². The molecule has 0 aliphatic heterocycles. The number of ether oxygens (including phenoxy) is 1. The topological polar surface area (TPSA) is 34.1 Å². The van der Waals surface area contributed by atoms with E-state index in [4.69, 9.17) is 16.3 Å². The molecule has 1 N–H and O–H groups in total. The Balaban J connectivity index is 1.99. The van der Waals surface area contributed by atoms with Crippen LogP contribution >= 0.6 is 22.9 Å². The minimum atomic E-state index is 0.497. The van der Waals surface area contributed by atoms with Crippen LogP contribution in [-0.4, -0.2) is 11.5 Å². The minimum Gasteiger partial charge on any atom is -0.486 e. The summed E-state index contributed by atoms with van der Waals surface area (Å²) in [5, 5.41) is 7.06. The first kappa shape index (κ1) is 15.3. The lowest BCUT2D eigenvalue weighted by atomic mass is 10.2. The zero-order chi connectivity index (χ0) is 14.4. The van der Waals surface area contributed by atoms with Crippen molar-refractivity contribution in [3.8, 4) is 5.75 Å². The van der Waals surface area contributed by atoms with Gasteiger partial charge in [-0.15, -0.1) is 11.3 Å². The molecule has 3 nitrogen and oxygen atoms in total. The average molecular weight is 311 g/mol. The van der Waals surface area contributed by atoms with Crippen LogP contribution in [0.2, 0.25) is 5.02 Å². The molecule has 0 aliphatic carbocycles. The van der Waals surface area contributed by atoms with Crippen LogP contribution in [0.3, 0.4) is 0 Å². The average Bonchev–Trinajstić information content (AvgIpc) is 2.90. The van der Waals surface area contributed by atoms with E-state index in [1.807, 2.05) is 23.6 Å². The fourth-order valence-corrected chi connectivity index (χ4v) is 2.51. The molecule has 20 heavy (non-hydrogen) atoms. The van der Waals surface area contributed by atoms with Crippen molar-refractivity contribution < 1.29 is 4.74 Å². The van der Waals surface area contributed by atoms with Gasteiger partial charge < -0.3 is 10.1 Å². The minimum absolute atomic E-state index is 0.497. The summed E-state index contributed by atoms with van der Waals surface area (Å²) < 4.78 is 5.84. The summed E-state index contributed by atoms with van der Waals surface area (Å²) in [5.41, 5.74) is 1.08. The molecule has 108 valence electrons. The Morgan fingerprint density at radius 3 is 2.95 bits per heavy atom. The number of halogens is 1. The molecule has 5 heteroatoms. The molecule has 0 spiro atoms. The Hall–Kier alpha value is -1.10. The van der Waals surface area contributed by atoms with Crippen molar-refractivity contribution in [2.24, 2.45) is 5.92 Å². The molecule has 0 bridgehead atoms. The van der Waals surface area contributed by atoms with Crippen molar-refractivity contribution in [2.45, 2.75) is 27.0 Å². The third-order valence-electron chi connectivity index (χ3n) is 2.73. The van der Waals surface area contributed by atoms with Crippen LogP contribution in [0.5, 0.6) is 5.75 Å². The van der Waals surface area contributed by atoms with Crippen LogP contribution in [0.4, 0.5) is 0 Å². The van der Waals surface area contributed by atoms with E-state index < -0.39 is 0 Å². The zero-order valence-electron chi connectivity index (χ0n) is 11.7. The van der Waals surface area contributed by atoms with Gasteiger partial charge in [-0.05, 0) is 30.7 Å². The number of thiazole rings is 1. The first-order valence-corrected chi connectivity index (χ1v) is 7.91. The van der Waals surface area contributed by atoms with Crippen LogP contribution < -0.4 is 10.1 Å². The molecule has 1 aromatic heterocycles. The van der Waals surface area contributed by atoms with E-state index in [1.165, 1.54) is 0 Å². The molecule has 0 amide bonds. The molecule has 0 unspecified atom stereocenters. The second-order valence-corrected chi connectivity index (χ2v) is 6.41. The molecule has 1 aromatic carbocycles. The zero-order valence-corrected chi connectivity index (χ0v) is 13.3. The highest BCUT2D eigenvalue weighted by Crippen LogP contribution is 2.24. The first-order chi connectivity index (χ1) is 9.65. The standard InChI is InChI=1S/C15H19ClN2OS/c1-11(2)8-17-9-12-7-13(16)3-4-14(12)19-10-15-18-5-6-20-15/h3-7,11,17H,8-10H2,1-2H3. The van der Waals surface area contributed by atoms with Gasteiger partial charge in [-0.3, -0.25) is 0 Å². The van der Waals surface area contributed by atoms with E-state index in [2.05, 4.69) is 24.1 Å². The highest BCUT2D eigenvalue weighted by Gasteiger charge is 2.06. The maximum absolute atomic E-state index is 6.06.